The van der Waals surface area contributed by atoms with E-state index in [2.05, 4.69) is 5.32 Å². The fourth-order valence-corrected chi connectivity index (χ4v) is 2.66. The maximum Gasteiger partial charge on any atom is 0.265 e. The minimum absolute atomic E-state index is 0.271. The lowest BCUT2D eigenvalue weighted by atomic mass is 10.1. The molecule has 0 aliphatic rings. The molecular weight excluding hydrogens is 330 g/mol. The highest BCUT2D eigenvalue weighted by Crippen LogP contribution is 2.24. The molecule has 0 bridgehead atoms. The van der Waals surface area contributed by atoms with Crippen LogP contribution in [0.15, 0.2) is 54.6 Å². The molecule has 1 unspecified atom stereocenters. The molecule has 0 spiro atoms. The zero-order valence-corrected chi connectivity index (χ0v) is 14.2. The summed E-state index contributed by atoms with van der Waals surface area (Å²) in [6.07, 6.45) is -0.371. The Labute approximate surface area is 141 Å². The minimum Gasteiger partial charge on any atom is -0.497 e. The third kappa shape index (κ3) is 5.36. The lowest BCUT2D eigenvalue weighted by Gasteiger charge is -2.17. The van der Waals surface area contributed by atoms with Crippen molar-refractivity contribution in [2.75, 3.05) is 13.4 Å². The van der Waals surface area contributed by atoms with Gasteiger partial charge in [-0.1, -0.05) is 42.5 Å². The van der Waals surface area contributed by atoms with Gasteiger partial charge in [0.05, 0.1) is 13.4 Å². The molecule has 0 radical (unpaired) electrons. The molecule has 0 aliphatic carbocycles. The molecule has 7 heteroatoms. The van der Waals surface area contributed by atoms with E-state index in [1.165, 1.54) is 7.11 Å². The van der Waals surface area contributed by atoms with Crippen LogP contribution in [-0.2, 0) is 25.6 Å². The van der Waals surface area contributed by atoms with Crippen molar-refractivity contribution in [3.8, 4) is 5.75 Å². The van der Waals surface area contributed by atoms with Gasteiger partial charge in [-0.3, -0.25) is 8.98 Å². The Morgan fingerprint density at radius 3 is 2.46 bits per heavy atom. The summed E-state index contributed by atoms with van der Waals surface area (Å²) < 4.78 is 33.1. The van der Waals surface area contributed by atoms with Crippen LogP contribution >= 0.6 is 0 Å². The number of rotatable bonds is 7. The van der Waals surface area contributed by atoms with Crippen LogP contribution < -0.4 is 10.1 Å². The van der Waals surface area contributed by atoms with E-state index >= 15 is 0 Å². The summed E-state index contributed by atoms with van der Waals surface area (Å²) in [5, 5.41) is 2.69. The molecule has 128 valence electrons. The average Bonchev–Trinajstić information content (AvgIpc) is 2.58. The molecule has 0 saturated heterocycles. The Hall–Kier alpha value is -2.38. The van der Waals surface area contributed by atoms with Gasteiger partial charge in [-0.2, -0.15) is 8.42 Å². The standard InChI is InChI=1S/C17H19NO5S/c1-22-15-10-6-9-14(11-15)16(23-24(2,20)21)17(19)18-12-13-7-4-3-5-8-13/h3-11,16H,12H2,1-2H3,(H,18,19). The van der Waals surface area contributed by atoms with Crippen molar-refractivity contribution in [1.29, 1.82) is 0 Å². The largest absolute Gasteiger partial charge is 0.497 e. The van der Waals surface area contributed by atoms with Crippen LogP contribution in [0.1, 0.15) is 17.2 Å². The average molecular weight is 349 g/mol. The molecule has 2 rings (SSSR count). The zero-order valence-electron chi connectivity index (χ0n) is 13.4. The molecule has 0 heterocycles. The molecule has 2 aromatic rings. The van der Waals surface area contributed by atoms with Gasteiger partial charge in [-0.05, 0) is 23.3 Å². The molecule has 1 atom stereocenters. The predicted octanol–water partition coefficient (Wildman–Crippen LogP) is 2.03. The van der Waals surface area contributed by atoms with E-state index in [0.717, 1.165) is 11.8 Å². The lowest BCUT2D eigenvalue weighted by molar-refractivity contribution is -0.128. The Morgan fingerprint density at radius 2 is 1.83 bits per heavy atom. The Bertz CT molecular complexity index is 790. The summed E-state index contributed by atoms with van der Waals surface area (Å²) >= 11 is 0. The topological polar surface area (TPSA) is 81.7 Å². The number of ether oxygens (including phenoxy) is 1. The Balaban J connectivity index is 2.20. The van der Waals surface area contributed by atoms with E-state index in [1.807, 2.05) is 30.3 Å². The molecule has 1 N–H and O–H groups in total. The Morgan fingerprint density at radius 1 is 1.12 bits per heavy atom. The second-order valence-corrected chi connectivity index (χ2v) is 6.76. The monoisotopic (exact) mass is 349 g/mol. The highest BCUT2D eigenvalue weighted by molar-refractivity contribution is 7.86. The molecule has 2 aromatic carbocycles. The fraction of sp³-hybridized carbons (Fsp3) is 0.235. The van der Waals surface area contributed by atoms with Crippen LogP contribution in [0.4, 0.5) is 0 Å². The SMILES string of the molecule is COc1cccc(C(OS(C)(=O)=O)C(=O)NCc2ccccc2)c1. The van der Waals surface area contributed by atoms with Gasteiger partial charge in [0.15, 0.2) is 6.10 Å². The summed E-state index contributed by atoms with van der Waals surface area (Å²) in [6.45, 7) is 0.271. The summed E-state index contributed by atoms with van der Waals surface area (Å²) in [5.74, 6) is -0.0389. The van der Waals surface area contributed by atoms with Crippen LogP contribution in [0.3, 0.4) is 0 Å². The summed E-state index contributed by atoms with van der Waals surface area (Å²) in [7, 11) is -2.33. The Kier molecular flexibility index (Phi) is 5.94. The number of hydrogen-bond acceptors (Lipinski definition) is 5. The number of methoxy groups -OCH3 is 1. The van der Waals surface area contributed by atoms with Gasteiger partial charge in [0, 0.05) is 6.54 Å². The van der Waals surface area contributed by atoms with Gasteiger partial charge in [0.2, 0.25) is 0 Å². The van der Waals surface area contributed by atoms with E-state index < -0.39 is 22.1 Å². The van der Waals surface area contributed by atoms with E-state index in [-0.39, 0.29) is 6.54 Å². The number of hydrogen-bond donors (Lipinski definition) is 1. The molecule has 0 fully saturated rings. The first kappa shape index (κ1) is 18.0. The molecule has 0 saturated carbocycles. The minimum atomic E-state index is -3.82. The number of nitrogens with one attached hydrogen (secondary N) is 1. The van der Waals surface area contributed by atoms with Crippen molar-refractivity contribution in [1.82, 2.24) is 5.32 Å². The van der Waals surface area contributed by atoms with E-state index in [4.69, 9.17) is 8.92 Å². The van der Waals surface area contributed by atoms with E-state index in [9.17, 15) is 13.2 Å². The van der Waals surface area contributed by atoms with Crippen LogP contribution in [0.25, 0.3) is 0 Å². The van der Waals surface area contributed by atoms with Crippen LogP contribution in [0.5, 0.6) is 5.75 Å². The number of carbonyl (C=O) groups excluding carboxylic acids is 1. The number of carbonyl (C=O) groups is 1. The van der Waals surface area contributed by atoms with Crippen LogP contribution in [0.2, 0.25) is 0 Å². The van der Waals surface area contributed by atoms with Gasteiger partial charge in [-0.15, -0.1) is 0 Å². The fourth-order valence-electron chi connectivity index (χ4n) is 2.11. The third-order valence-electron chi connectivity index (χ3n) is 3.22. The molecule has 0 aliphatic heterocycles. The highest BCUT2D eigenvalue weighted by atomic mass is 32.2. The molecule has 6 nitrogen and oxygen atoms in total. The van der Waals surface area contributed by atoms with Gasteiger partial charge >= 0.3 is 0 Å². The first-order chi connectivity index (χ1) is 11.4. The van der Waals surface area contributed by atoms with Crippen molar-refractivity contribution >= 4 is 16.0 Å². The summed E-state index contributed by atoms with van der Waals surface area (Å²) in [4.78, 5) is 12.5. The lowest BCUT2D eigenvalue weighted by Crippen LogP contribution is -2.31. The van der Waals surface area contributed by atoms with Gasteiger partial charge < -0.3 is 10.1 Å². The van der Waals surface area contributed by atoms with Gasteiger partial charge in [0.25, 0.3) is 16.0 Å². The molecule has 0 aromatic heterocycles. The van der Waals surface area contributed by atoms with Crippen molar-refractivity contribution in [2.45, 2.75) is 12.6 Å². The normalized spacial score (nSPS) is 12.4. The second-order valence-electron chi connectivity index (χ2n) is 5.16. The maximum atomic E-state index is 12.5. The molecule has 24 heavy (non-hydrogen) atoms. The number of benzene rings is 2. The summed E-state index contributed by atoms with van der Waals surface area (Å²) in [5.41, 5.74) is 1.29. The molecule has 1 amide bonds. The van der Waals surface area contributed by atoms with Gasteiger partial charge in [0.1, 0.15) is 5.75 Å². The van der Waals surface area contributed by atoms with Crippen LogP contribution in [0, 0.1) is 0 Å². The van der Waals surface area contributed by atoms with Crippen molar-refractivity contribution in [2.24, 2.45) is 0 Å². The number of amides is 1. The second kappa shape index (κ2) is 7.94. The van der Waals surface area contributed by atoms with E-state index in [0.29, 0.717) is 11.3 Å². The third-order valence-corrected chi connectivity index (χ3v) is 3.76. The quantitative estimate of drug-likeness (QED) is 0.774. The van der Waals surface area contributed by atoms with Crippen molar-refractivity contribution < 1.29 is 22.1 Å². The van der Waals surface area contributed by atoms with Crippen molar-refractivity contribution in [3.63, 3.8) is 0 Å². The van der Waals surface area contributed by atoms with Crippen molar-refractivity contribution in [3.05, 3.63) is 65.7 Å². The highest BCUT2D eigenvalue weighted by Gasteiger charge is 2.26. The van der Waals surface area contributed by atoms with Crippen LogP contribution in [-0.4, -0.2) is 27.7 Å². The van der Waals surface area contributed by atoms with Gasteiger partial charge in [-0.25, -0.2) is 0 Å². The first-order valence-corrected chi connectivity index (χ1v) is 9.04. The smallest absolute Gasteiger partial charge is 0.265 e. The van der Waals surface area contributed by atoms with E-state index in [1.54, 1.807) is 24.3 Å². The zero-order chi connectivity index (χ0) is 17.6. The molecular formula is C17H19NO5S. The predicted molar refractivity (Wildman–Crippen MR) is 90.0 cm³/mol. The first-order valence-electron chi connectivity index (χ1n) is 7.23. The summed E-state index contributed by atoms with van der Waals surface area (Å²) in [6, 6.07) is 15.8. The maximum absolute atomic E-state index is 12.5.